The third-order valence-electron chi connectivity index (χ3n) is 1.58. The zero-order valence-electron chi connectivity index (χ0n) is 6.59. The number of hydrogen-bond acceptors (Lipinski definition) is 2. The normalized spacial score (nSPS) is 12.3. The molecule has 2 aromatic rings. The molecule has 0 unspecified atom stereocenters. The number of nitrogens with zero attached hydrogens (tertiary/aromatic N) is 3. The van der Waals surface area contributed by atoms with Gasteiger partial charge in [-0.15, -0.1) is 0 Å². The number of fused-ring (bicyclic) bond motifs is 1. The molecule has 0 radical (unpaired) electrons. The fourth-order valence-electron chi connectivity index (χ4n) is 0.995. The molecular weight excluding hydrogens is 263 g/mol. The van der Waals surface area contributed by atoms with Crippen LogP contribution in [-0.2, 0) is 6.18 Å². The summed E-state index contributed by atoms with van der Waals surface area (Å²) in [5.41, 5.74) is -0.783. The van der Waals surface area contributed by atoms with E-state index >= 15 is 0 Å². The SMILES string of the molecule is FC(F)(F)c1cc2nc(Br)ccn2n1. The van der Waals surface area contributed by atoms with E-state index in [0.29, 0.717) is 4.60 Å². The van der Waals surface area contributed by atoms with E-state index in [0.717, 1.165) is 10.6 Å². The van der Waals surface area contributed by atoms with Crippen LogP contribution in [0.2, 0.25) is 0 Å². The smallest absolute Gasteiger partial charge is 0.222 e. The van der Waals surface area contributed by atoms with E-state index in [9.17, 15) is 13.2 Å². The van der Waals surface area contributed by atoms with E-state index in [4.69, 9.17) is 0 Å². The highest BCUT2D eigenvalue weighted by Crippen LogP contribution is 2.28. The van der Waals surface area contributed by atoms with Crippen molar-refractivity contribution in [2.24, 2.45) is 0 Å². The van der Waals surface area contributed by atoms with Gasteiger partial charge in [-0.05, 0) is 22.0 Å². The summed E-state index contributed by atoms with van der Waals surface area (Å²) in [5.74, 6) is 0. The summed E-state index contributed by atoms with van der Waals surface area (Å²) in [7, 11) is 0. The molecule has 0 aliphatic heterocycles. The van der Waals surface area contributed by atoms with Gasteiger partial charge in [-0.25, -0.2) is 9.50 Å². The van der Waals surface area contributed by atoms with Crippen LogP contribution in [0.25, 0.3) is 5.65 Å². The first-order valence-corrected chi connectivity index (χ1v) is 4.35. The van der Waals surface area contributed by atoms with Crippen LogP contribution in [0.1, 0.15) is 5.69 Å². The third kappa shape index (κ3) is 1.59. The Hall–Kier alpha value is -1.11. The van der Waals surface area contributed by atoms with Crippen molar-refractivity contribution in [3.8, 4) is 0 Å². The van der Waals surface area contributed by atoms with Crippen LogP contribution in [0.3, 0.4) is 0 Å². The van der Waals surface area contributed by atoms with E-state index in [1.807, 2.05) is 0 Å². The van der Waals surface area contributed by atoms with Gasteiger partial charge in [0.15, 0.2) is 11.3 Å². The predicted octanol–water partition coefficient (Wildman–Crippen LogP) is 2.51. The van der Waals surface area contributed by atoms with Crippen LogP contribution >= 0.6 is 15.9 Å². The first-order chi connectivity index (χ1) is 6.47. The fourth-order valence-corrected chi connectivity index (χ4v) is 1.30. The first kappa shape index (κ1) is 9.45. The van der Waals surface area contributed by atoms with Crippen molar-refractivity contribution in [3.05, 3.63) is 28.6 Å². The molecular formula is C7H3BrF3N3. The molecule has 2 rings (SSSR count). The summed E-state index contributed by atoms with van der Waals surface area (Å²) in [6, 6.07) is 2.41. The third-order valence-corrected chi connectivity index (χ3v) is 2.02. The zero-order valence-corrected chi connectivity index (χ0v) is 8.17. The molecule has 74 valence electrons. The molecule has 0 atom stereocenters. The number of alkyl halides is 3. The Morgan fingerprint density at radius 2 is 2.07 bits per heavy atom. The molecule has 14 heavy (non-hydrogen) atoms. The van der Waals surface area contributed by atoms with Gasteiger partial charge in [0, 0.05) is 12.3 Å². The highest BCUT2D eigenvalue weighted by molar-refractivity contribution is 9.10. The minimum atomic E-state index is -4.43. The van der Waals surface area contributed by atoms with E-state index in [-0.39, 0.29) is 5.65 Å². The average Bonchev–Trinajstić information content (AvgIpc) is 2.45. The van der Waals surface area contributed by atoms with Crippen molar-refractivity contribution < 1.29 is 13.2 Å². The first-order valence-electron chi connectivity index (χ1n) is 3.56. The van der Waals surface area contributed by atoms with Gasteiger partial charge in [-0.3, -0.25) is 0 Å². The highest BCUT2D eigenvalue weighted by atomic mass is 79.9. The molecule has 2 aromatic heterocycles. The predicted molar refractivity (Wildman–Crippen MR) is 45.7 cm³/mol. The molecule has 0 amide bonds. The van der Waals surface area contributed by atoms with Gasteiger partial charge in [0.25, 0.3) is 0 Å². The number of aromatic nitrogens is 3. The molecule has 0 saturated heterocycles. The van der Waals surface area contributed by atoms with E-state index in [1.165, 1.54) is 12.3 Å². The van der Waals surface area contributed by atoms with Crippen LogP contribution in [0.15, 0.2) is 22.9 Å². The van der Waals surface area contributed by atoms with Gasteiger partial charge in [0.1, 0.15) is 4.60 Å². The fraction of sp³-hybridized carbons (Fsp3) is 0.143. The molecule has 0 aromatic carbocycles. The van der Waals surface area contributed by atoms with Crippen molar-refractivity contribution in [1.82, 2.24) is 14.6 Å². The standard InChI is InChI=1S/C7H3BrF3N3/c8-5-1-2-14-6(12-5)3-4(13-14)7(9,10)11/h1-3H. The Bertz CT molecular complexity index is 476. The summed E-state index contributed by atoms with van der Waals surface area (Å²) in [6.07, 6.45) is -3.03. The summed E-state index contributed by atoms with van der Waals surface area (Å²) < 4.78 is 38.2. The molecule has 0 aliphatic rings. The number of hydrogen-bond donors (Lipinski definition) is 0. The second kappa shape index (κ2) is 2.94. The lowest BCUT2D eigenvalue weighted by Crippen LogP contribution is -2.05. The minimum Gasteiger partial charge on any atom is -0.222 e. The van der Waals surface area contributed by atoms with E-state index in [1.54, 1.807) is 0 Å². The van der Waals surface area contributed by atoms with Crippen LogP contribution in [0.4, 0.5) is 13.2 Å². The molecule has 0 bridgehead atoms. The molecule has 0 fully saturated rings. The minimum absolute atomic E-state index is 0.159. The van der Waals surface area contributed by atoms with Gasteiger partial charge in [-0.2, -0.15) is 18.3 Å². The Kier molecular flexibility index (Phi) is 1.99. The van der Waals surface area contributed by atoms with Crippen molar-refractivity contribution >= 4 is 21.6 Å². The summed E-state index contributed by atoms with van der Waals surface area (Å²) in [5, 5.41) is 3.33. The molecule has 7 heteroatoms. The lowest BCUT2D eigenvalue weighted by atomic mass is 10.4. The van der Waals surface area contributed by atoms with Gasteiger partial charge in [-0.1, -0.05) is 0 Å². The summed E-state index contributed by atoms with van der Waals surface area (Å²) in [4.78, 5) is 3.83. The Labute approximate surface area is 84.7 Å². The maximum absolute atomic E-state index is 12.2. The molecule has 0 N–H and O–H groups in total. The quantitative estimate of drug-likeness (QED) is 0.686. The van der Waals surface area contributed by atoms with Gasteiger partial charge >= 0.3 is 6.18 Å². The maximum Gasteiger partial charge on any atom is 0.435 e. The van der Waals surface area contributed by atoms with Crippen LogP contribution in [-0.4, -0.2) is 14.6 Å². The molecule has 2 heterocycles. The van der Waals surface area contributed by atoms with Crippen molar-refractivity contribution in [1.29, 1.82) is 0 Å². The lowest BCUT2D eigenvalue weighted by Gasteiger charge is -1.98. The van der Waals surface area contributed by atoms with Gasteiger partial charge in [0.05, 0.1) is 0 Å². The topological polar surface area (TPSA) is 30.2 Å². The number of halogens is 4. The van der Waals surface area contributed by atoms with Crippen molar-refractivity contribution in [2.75, 3.05) is 0 Å². The Balaban J connectivity index is 2.63. The monoisotopic (exact) mass is 265 g/mol. The van der Waals surface area contributed by atoms with Crippen LogP contribution in [0.5, 0.6) is 0 Å². The van der Waals surface area contributed by atoms with Crippen LogP contribution < -0.4 is 0 Å². The second-order valence-electron chi connectivity index (χ2n) is 2.58. The summed E-state index contributed by atoms with van der Waals surface area (Å²) in [6.45, 7) is 0. The Morgan fingerprint density at radius 3 is 2.71 bits per heavy atom. The Morgan fingerprint density at radius 1 is 1.36 bits per heavy atom. The zero-order chi connectivity index (χ0) is 10.3. The average molecular weight is 266 g/mol. The number of rotatable bonds is 0. The molecule has 0 spiro atoms. The van der Waals surface area contributed by atoms with E-state index in [2.05, 4.69) is 26.0 Å². The molecule has 0 aliphatic carbocycles. The summed E-state index contributed by atoms with van der Waals surface area (Å²) >= 11 is 3.06. The van der Waals surface area contributed by atoms with Crippen LogP contribution in [0, 0.1) is 0 Å². The molecule has 0 saturated carbocycles. The van der Waals surface area contributed by atoms with Gasteiger partial charge in [0.2, 0.25) is 0 Å². The van der Waals surface area contributed by atoms with E-state index < -0.39 is 11.9 Å². The van der Waals surface area contributed by atoms with Crippen molar-refractivity contribution in [3.63, 3.8) is 0 Å². The highest BCUT2D eigenvalue weighted by Gasteiger charge is 2.34. The lowest BCUT2D eigenvalue weighted by molar-refractivity contribution is -0.141. The van der Waals surface area contributed by atoms with Gasteiger partial charge < -0.3 is 0 Å². The maximum atomic E-state index is 12.2. The van der Waals surface area contributed by atoms with Crippen molar-refractivity contribution in [2.45, 2.75) is 6.18 Å². The molecule has 3 nitrogen and oxygen atoms in total. The largest absolute Gasteiger partial charge is 0.435 e. The second-order valence-corrected chi connectivity index (χ2v) is 3.39.